The summed E-state index contributed by atoms with van der Waals surface area (Å²) in [5.74, 6) is 9.18. The molecule has 0 aromatic rings. The first-order valence-corrected chi connectivity index (χ1v) is 7.24. The largest absolute Gasteiger partial charge is 0.0622 e. The van der Waals surface area contributed by atoms with Crippen LogP contribution in [0.4, 0.5) is 0 Å². The van der Waals surface area contributed by atoms with Crippen molar-refractivity contribution < 1.29 is 0 Å². The molecule has 0 heteroatoms. The molecular weight excluding hydrogens is 180 g/mol. The summed E-state index contributed by atoms with van der Waals surface area (Å²) in [6, 6.07) is 0. The Bertz CT molecular complexity index is 254. The number of hydrogen-bond donors (Lipinski definition) is 0. The predicted octanol–water partition coefficient (Wildman–Crippen LogP) is 3.96. The zero-order valence-corrected chi connectivity index (χ0v) is 10.2. The molecule has 0 radical (unpaired) electrons. The van der Waals surface area contributed by atoms with E-state index in [0.717, 1.165) is 23.7 Å². The number of hydrogen-bond acceptors (Lipinski definition) is 0. The quantitative estimate of drug-likeness (QED) is 0.638. The van der Waals surface area contributed by atoms with Gasteiger partial charge in [-0.3, -0.25) is 0 Å². The minimum atomic E-state index is 1.08. The van der Waals surface area contributed by atoms with Crippen LogP contribution in [0.5, 0.6) is 0 Å². The third-order valence-electron chi connectivity index (χ3n) is 6.41. The third-order valence-corrected chi connectivity index (χ3v) is 6.41. The van der Waals surface area contributed by atoms with Gasteiger partial charge in [0, 0.05) is 0 Å². The lowest BCUT2D eigenvalue weighted by Gasteiger charge is -2.20. The van der Waals surface area contributed by atoms with E-state index in [-0.39, 0.29) is 0 Å². The summed E-state index contributed by atoms with van der Waals surface area (Å²) >= 11 is 0. The Hall–Kier alpha value is 0. The molecule has 4 fully saturated rings. The maximum absolute atomic E-state index is 2.50. The van der Waals surface area contributed by atoms with Gasteiger partial charge in [-0.05, 0) is 79.4 Å². The SMILES string of the molecule is CC1CC(CC2CC(C)C3CC23)C2CC12. The molecule has 4 rings (SSSR count). The van der Waals surface area contributed by atoms with E-state index in [2.05, 4.69) is 13.8 Å². The fourth-order valence-electron chi connectivity index (χ4n) is 5.45. The molecule has 0 bridgehead atoms. The summed E-state index contributed by atoms with van der Waals surface area (Å²) in [7, 11) is 0. The van der Waals surface area contributed by atoms with Crippen LogP contribution in [-0.2, 0) is 0 Å². The molecule has 4 saturated carbocycles. The zero-order chi connectivity index (χ0) is 10.2. The highest BCUT2D eigenvalue weighted by Gasteiger charge is 2.56. The van der Waals surface area contributed by atoms with Crippen molar-refractivity contribution in [1.29, 1.82) is 0 Å². The summed E-state index contributed by atoms with van der Waals surface area (Å²) < 4.78 is 0. The van der Waals surface area contributed by atoms with E-state index >= 15 is 0 Å². The van der Waals surface area contributed by atoms with Gasteiger partial charge in [0.15, 0.2) is 0 Å². The summed E-state index contributed by atoms with van der Waals surface area (Å²) in [6.07, 6.45) is 7.98. The van der Waals surface area contributed by atoms with Crippen molar-refractivity contribution in [3.8, 4) is 0 Å². The Morgan fingerprint density at radius 3 is 1.40 bits per heavy atom. The van der Waals surface area contributed by atoms with E-state index in [1.165, 1.54) is 23.7 Å². The van der Waals surface area contributed by atoms with Gasteiger partial charge in [-0.1, -0.05) is 13.8 Å². The number of rotatable bonds is 2. The lowest BCUT2D eigenvalue weighted by atomic mass is 9.85. The van der Waals surface area contributed by atoms with E-state index in [0.29, 0.717) is 0 Å². The van der Waals surface area contributed by atoms with Crippen LogP contribution in [0.3, 0.4) is 0 Å². The molecule has 8 atom stereocenters. The molecule has 0 spiro atoms. The molecule has 0 N–H and O–H groups in total. The fourth-order valence-corrected chi connectivity index (χ4v) is 5.45. The molecule has 0 aromatic carbocycles. The van der Waals surface area contributed by atoms with Crippen molar-refractivity contribution >= 4 is 0 Å². The standard InChI is InChI=1S/C15H24/c1-8-3-10(14-6-12(8)14)5-11-4-9(2)13-7-15(11)13/h8-15H,3-7H2,1-2H3. The topological polar surface area (TPSA) is 0 Å². The van der Waals surface area contributed by atoms with Crippen LogP contribution in [0.15, 0.2) is 0 Å². The lowest BCUT2D eigenvalue weighted by molar-refractivity contribution is 0.303. The molecule has 15 heavy (non-hydrogen) atoms. The highest BCUT2D eigenvalue weighted by molar-refractivity contribution is 5.05. The van der Waals surface area contributed by atoms with Crippen LogP contribution in [0, 0.1) is 47.3 Å². The van der Waals surface area contributed by atoms with Gasteiger partial charge in [0.2, 0.25) is 0 Å². The Kier molecular flexibility index (Phi) is 1.70. The smallest absolute Gasteiger partial charge is 0.0352 e. The van der Waals surface area contributed by atoms with Crippen molar-refractivity contribution in [2.24, 2.45) is 47.3 Å². The van der Waals surface area contributed by atoms with E-state index in [1.54, 1.807) is 32.1 Å². The van der Waals surface area contributed by atoms with Crippen molar-refractivity contribution in [1.82, 2.24) is 0 Å². The first-order chi connectivity index (χ1) is 7.24. The molecular formula is C15H24. The average molecular weight is 204 g/mol. The van der Waals surface area contributed by atoms with Crippen LogP contribution in [0.2, 0.25) is 0 Å². The maximum Gasteiger partial charge on any atom is -0.0352 e. The minimum absolute atomic E-state index is 1.08. The maximum atomic E-state index is 2.50. The second kappa shape index (κ2) is 2.81. The molecule has 0 amide bonds. The van der Waals surface area contributed by atoms with E-state index in [1.807, 2.05) is 0 Å². The summed E-state index contributed by atoms with van der Waals surface area (Å²) in [5.41, 5.74) is 0. The van der Waals surface area contributed by atoms with Gasteiger partial charge in [0.05, 0.1) is 0 Å². The Morgan fingerprint density at radius 1 is 0.667 bits per heavy atom. The van der Waals surface area contributed by atoms with E-state index in [9.17, 15) is 0 Å². The second-order valence-electron chi connectivity index (χ2n) is 7.31. The van der Waals surface area contributed by atoms with Crippen LogP contribution in [-0.4, -0.2) is 0 Å². The fraction of sp³-hybridized carbons (Fsp3) is 1.00. The molecule has 4 aliphatic rings. The summed E-state index contributed by atoms with van der Waals surface area (Å²) in [4.78, 5) is 0. The van der Waals surface area contributed by atoms with Crippen molar-refractivity contribution in [3.05, 3.63) is 0 Å². The van der Waals surface area contributed by atoms with E-state index < -0.39 is 0 Å². The predicted molar refractivity (Wildman–Crippen MR) is 62.4 cm³/mol. The minimum Gasteiger partial charge on any atom is -0.0622 e. The normalized spacial score (nSPS) is 65.2. The van der Waals surface area contributed by atoms with Crippen molar-refractivity contribution in [2.45, 2.75) is 46.0 Å². The Balaban J connectivity index is 1.41. The Labute approximate surface area is 93.8 Å². The van der Waals surface area contributed by atoms with Gasteiger partial charge in [0.1, 0.15) is 0 Å². The molecule has 4 aliphatic carbocycles. The van der Waals surface area contributed by atoms with Crippen LogP contribution < -0.4 is 0 Å². The van der Waals surface area contributed by atoms with Gasteiger partial charge < -0.3 is 0 Å². The van der Waals surface area contributed by atoms with Gasteiger partial charge in [-0.15, -0.1) is 0 Å². The van der Waals surface area contributed by atoms with Crippen molar-refractivity contribution in [3.63, 3.8) is 0 Å². The monoisotopic (exact) mass is 204 g/mol. The first kappa shape index (κ1) is 9.07. The molecule has 0 nitrogen and oxygen atoms in total. The second-order valence-corrected chi connectivity index (χ2v) is 7.31. The molecule has 84 valence electrons. The lowest BCUT2D eigenvalue weighted by Crippen LogP contribution is -2.10. The number of fused-ring (bicyclic) bond motifs is 2. The summed E-state index contributed by atoms with van der Waals surface area (Å²) in [6.45, 7) is 5.00. The molecule has 0 aromatic heterocycles. The zero-order valence-electron chi connectivity index (χ0n) is 10.2. The van der Waals surface area contributed by atoms with E-state index in [4.69, 9.17) is 0 Å². The summed E-state index contributed by atoms with van der Waals surface area (Å²) in [5, 5.41) is 0. The Morgan fingerprint density at radius 2 is 1.13 bits per heavy atom. The van der Waals surface area contributed by atoms with Crippen LogP contribution in [0.1, 0.15) is 46.0 Å². The van der Waals surface area contributed by atoms with Gasteiger partial charge in [-0.25, -0.2) is 0 Å². The van der Waals surface area contributed by atoms with Gasteiger partial charge in [0.25, 0.3) is 0 Å². The highest BCUT2D eigenvalue weighted by atomic mass is 14.6. The van der Waals surface area contributed by atoms with Crippen molar-refractivity contribution in [2.75, 3.05) is 0 Å². The third kappa shape index (κ3) is 1.26. The van der Waals surface area contributed by atoms with Gasteiger partial charge >= 0.3 is 0 Å². The molecule has 0 saturated heterocycles. The molecule has 0 heterocycles. The first-order valence-electron chi connectivity index (χ1n) is 7.24. The highest BCUT2D eigenvalue weighted by Crippen LogP contribution is 2.64. The molecule has 8 unspecified atom stereocenters. The van der Waals surface area contributed by atoms with Gasteiger partial charge in [-0.2, -0.15) is 0 Å². The average Bonchev–Trinajstić information content (AvgIpc) is 3.09. The van der Waals surface area contributed by atoms with Crippen LogP contribution in [0.25, 0.3) is 0 Å². The van der Waals surface area contributed by atoms with Crippen LogP contribution >= 0.6 is 0 Å². The molecule has 0 aliphatic heterocycles.